The second kappa shape index (κ2) is 6.88. The van der Waals surface area contributed by atoms with Gasteiger partial charge < -0.3 is 15.2 Å². The Kier molecular flexibility index (Phi) is 4.64. The van der Waals surface area contributed by atoms with E-state index in [1.165, 1.54) is 4.68 Å². The van der Waals surface area contributed by atoms with E-state index in [2.05, 4.69) is 20.8 Å². The molecule has 132 valence electrons. The van der Waals surface area contributed by atoms with E-state index in [0.717, 1.165) is 0 Å². The topological polar surface area (TPSA) is 119 Å². The zero-order chi connectivity index (χ0) is 18.0. The summed E-state index contributed by atoms with van der Waals surface area (Å²) in [7, 11) is 1.54. The van der Waals surface area contributed by atoms with Crippen molar-refractivity contribution in [2.45, 2.75) is 26.2 Å². The lowest BCUT2D eigenvalue weighted by Crippen LogP contribution is -2.21. The predicted molar refractivity (Wildman–Crippen MR) is 87.5 cm³/mol. The molecule has 25 heavy (non-hydrogen) atoms. The van der Waals surface area contributed by atoms with E-state index in [-0.39, 0.29) is 11.8 Å². The van der Waals surface area contributed by atoms with Crippen molar-refractivity contribution in [3.63, 3.8) is 0 Å². The van der Waals surface area contributed by atoms with Gasteiger partial charge >= 0.3 is 5.97 Å². The highest BCUT2D eigenvalue weighted by molar-refractivity contribution is 5.93. The fraction of sp³-hybridized carbons (Fsp3) is 0.438. The van der Waals surface area contributed by atoms with Crippen molar-refractivity contribution in [3.05, 3.63) is 24.0 Å². The molecular weight excluding hydrogens is 326 g/mol. The summed E-state index contributed by atoms with van der Waals surface area (Å²) in [6.07, 6.45) is 1.49. The van der Waals surface area contributed by atoms with Crippen molar-refractivity contribution in [2.75, 3.05) is 12.4 Å². The molecular formula is C16H19N5O4. The summed E-state index contributed by atoms with van der Waals surface area (Å²) < 4.78 is 6.85. The lowest BCUT2D eigenvalue weighted by molar-refractivity contribution is -0.141. The first-order chi connectivity index (χ1) is 12.0. The Morgan fingerprint density at radius 1 is 1.32 bits per heavy atom. The Bertz CT molecular complexity index is 804. The lowest BCUT2D eigenvalue weighted by atomic mass is 10.0. The Morgan fingerprint density at radius 2 is 2.08 bits per heavy atom. The highest BCUT2D eigenvalue weighted by Gasteiger charge is 2.33. The quantitative estimate of drug-likeness (QED) is 0.841. The fourth-order valence-electron chi connectivity index (χ4n) is 3.08. The first kappa shape index (κ1) is 16.9. The maximum Gasteiger partial charge on any atom is 0.306 e. The van der Waals surface area contributed by atoms with Crippen molar-refractivity contribution in [2.24, 2.45) is 11.8 Å². The summed E-state index contributed by atoms with van der Waals surface area (Å²) in [5.74, 6) is -0.584. The minimum absolute atomic E-state index is 0.173. The number of anilines is 1. The monoisotopic (exact) mass is 345 g/mol. The van der Waals surface area contributed by atoms with Crippen LogP contribution < -0.4 is 10.1 Å². The number of rotatable bonds is 5. The van der Waals surface area contributed by atoms with Crippen molar-refractivity contribution in [3.8, 4) is 11.4 Å². The summed E-state index contributed by atoms with van der Waals surface area (Å²) in [4.78, 5) is 23.5. The smallest absolute Gasteiger partial charge is 0.306 e. The third-order valence-electron chi connectivity index (χ3n) is 4.45. The number of carboxylic acids is 1. The third kappa shape index (κ3) is 3.44. The van der Waals surface area contributed by atoms with Gasteiger partial charge in [0.05, 0.1) is 13.0 Å². The largest absolute Gasteiger partial charge is 0.494 e. The first-order valence-electron chi connectivity index (χ1n) is 7.96. The van der Waals surface area contributed by atoms with Gasteiger partial charge in [-0.05, 0) is 54.8 Å². The second-order valence-electron chi connectivity index (χ2n) is 6.06. The van der Waals surface area contributed by atoms with Crippen LogP contribution in [0.4, 0.5) is 5.69 Å². The minimum Gasteiger partial charge on any atom is -0.494 e. The van der Waals surface area contributed by atoms with Crippen LogP contribution >= 0.6 is 0 Å². The third-order valence-corrected chi connectivity index (χ3v) is 4.45. The number of tetrazole rings is 1. The van der Waals surface area contributed by atoms with Crippen LogP contribution in [0.1, 0.15) is 25.1 Å². The van der Waals surface area contributed by atoms with Gasteiger partial charge in [-0.3, -0.25) is 9.59 Å². The Labute approximate surface area is 144 Å². The summed E-state index contributed by atoms with van der Waals surface area (Å²) in [6, 6.07) is 5.17. The number of aromatic nitrogens is 4. The van der Waals surface area contributed by atoms with Crippen LogP contribution in [0.2, 0.25) is 0 Å². The van der Waals surface area contributed by atoms with Gasteiger partial charge in [0.1, 0.15) is 11.4 Å². The van der Waals surface area contributed by atoms with E-state index in [1.54, 1.807) is 32.2 Å². The molecule has 2 aromatic rings. The molecule has 1 aliphatic rings. The normalized spacial score (nSPS) is 19.6. The van der Waals surface area contributed by atoms with Gasteiger partial charge in [0.15, 0.2) is 5.82 Å². The van der Waals surface area contributed by atoms with Crippen molar-refractivity contribution in [1.29, 1.82) is 0 Å². The molecule has 0 aliphatic heterocycles. The minimum atomic E-state index is -0.837. The van der Waals surface area contributed by atoms with Gasteiger partial charge in [0.25, 0.3) is 0 Å². The summed E-state index contributed by atoms with van der Waals surface area (Å²) in [5.41, 5.74) is 1.19. The number of benzene rings is 1. The predicted octanol–water partition coefficient (Wildman–Crippen LogP) is 1.42. The zero-order valence-corrected chi connectivity index (χ0v) is 14.0. The van der Waals surface area contributed by atoms with Gasteiger partial charge in [-0.25, -0.2) is 0 Å². The Balaban J connectivity index is 1.78. The average Bonchev–Trinajstić information content (AvgIpc) is 3.24. The highest BCUT2D eigenvalue weighted by Crippen LogP contribution is 2.32. The maximum absolute atomic E-state index is 12.4. The van der Waals surface area contributed by atoms with Gasteiger partial charge in [-0.2, -0.15) is 4.68 Å². The highest BCUT2D eigenvalue weighted by atomic mass is 16.5. The number of carbonyl (C=O) groups excluding carboxylic acids is 1. The maximum atomic E-state index is 12.4. The summed E-state index contributed by atoms with van der Waals surface area (Å²) >= 11 is 0. The van der Waals surface area contributed by atoms with E-state index in [0.29, 0.717) is 42.2 Å². The van der Waals surface area contributed by atoms with Gasteiger partial charge in [-0.15, -0.1) is 5.10 Å². The molecule has 1 amide bonds. The molecule has 0 unspecified atom stereocenters. The molecule has 2 atom stereocenters. The number of ether oxygens (including phenoxy) is 1. The molecule has 0 radical (unpaired) electrons. The van der Waals surface area contributed by atoms with Gasteiger partial charge in [-0.1, -0.05) is 0 Å². The molecule has 1 saturated carbocycles. The van der Waals surface area contributed by atoms with Crippen LogP contribution in [0.15, 0.2) is 18.2 Å². The Hall–Kier alpha value is -2.97. The van der Waals surface area contributed by atoms with Crippen LogP contribution in [0, 0.1) is 18.8 Å². The molecule has 1 fully saturated rings. The second-order valence-corrected chi connectivity index (χ2v) is 6.06. The molecule has 3 rings (SSSR count). The fourth-order valence-corrected chi connectivity index (χ4v) is 3.08. The van der Waals surface area contributed by atoms with Crippen LogP contribution in [-0.2, 0) is 9.59 Å². The number of hydrogen-bond donors (Lipinski definition) is 2. The molecule has 0 saturated heterocycles. The van der Waals surface area contributed by atoms with Crippen LogP contribution in [0.25, 0.3) is 5.69 Å². The summed E-state index contributed by atoms with van der Waals surface area (Å²) in [6.45, 7) is 1.76. The molecule has 0 bridgehead atoms. The van der Waals surface area contributed by atoms with Gasteiger partial charge in [0.2, 0.25) is 5.91 Å². The standard InChI is InChI=1S/C16H19N5O4/c1-9-18-19-20-21(9)13-8-12(5-6-14(13)25-2)17-15(22)10-3-4-11(7-10)16(23)24/h5-6,8,10-11H,3-4,7H2,1-2H3,(H,17,22)(H,23,24)/t10-,11+/m1/s1. The number of amides is 1. The van der Waals surface area contributed by atoms with E-state index < -0.39 is 11.9 Å². The molecule has 0 spiro atoms. The number of carbonyl (C=O) groups is 2. The lowest BCUT2D eigenvalue weighted by Gasteiger charge is -2.14. The number of methoxy groups -OCH3 is 1. The van der Waals surface area contributed by atoms with Gasteiger partial charge in [0, 0.05) is 11.6 Å². The molecule has 1 aliphatic carbocycles. The molecule has 1 heterocycles. The van der Waals surface area contributed by atoms with E-state index in [4.69, 9.17) is 9.84 Å². The van der Waals surface area contributed by atoms with E-state index in [1.807, 2.05) is 0 Å². The number of aryl methyl sites for hydroxylation is 1. The number of nitrogens with zero attached hydrogens (tertiary/aromatic N) is 4. The SMILES string of the molecule is COc1ccc(NC(=O)[C@@H]2CC[C@H](C(=O)O)C2)cc1-n1nnnc1C. The molecule has 2 N–H and O–H groups in total. The number of carboxylic acid groups (broad SMARTS) is 1. The van der Waals surface area contributed by atoms with Crippen LogP contribution in [0.5, 0.6) is 5.75 Å². The number of aliphatic carboxylic acids is 1. The summed E-state index contributed by atoms with van der Waals surface area (Å²) in [5, 5.41) is 23.3. The van der Waals surface area contributed by atoms with Crippen LogP contribution in [-0.4, -0.2) is 44.3 Å². The molecule has 9 nitrogen and oxygen atoms in total. The number of hydrogen-bond acceptors (Lipinski definition) is 6. The van der Waals surface area contributed by atoms with E-state index >= 15 is 0 Å². The van der Waals surface area contributed by atoms with Crippen molar-refractivity contribution >= 4 is 17.6 Å². The van der Waals surface area contributed by atoms with Crippen LogP contribution in [0.3, 0.4) is 0 Å². The number of nitrogens with one attached hydrogen (secondary N) is 1. The van der Waals surface area contributed by atoms with Crippen molar-refractivity contribution < 1.29 is 19.4 Å². The van der Waals surface area contributed by atoms with Crippen molar-refractivity contribution in [1.82, 2.24) is 20.2 Å². The molecule has 1 aromatic heterocycles. The average molecular weight is 345 g/mol. The zero-order valence-electron chi connectivity index (χ0n) is 14.0. The molecule has 1 aromatic carbocycles. The van der Waals surface area contributed by atoms with E-state index in [9.17, 15) is 9.59 Å². The Morgan fingerprint density at radius 3 is 2.68 bits per heavy atom. The first-order valence-corrected chi connectivity index (χ1v) is 7.96. The molecule has 9 heteroatoms.